The molecule has 94 valence electrons. The van der Waals surface area contributed by atoms with Crippen molar-refractivity contribution in [1.29, 1.82) is 0 Å². The summed E-state index contributed by atoms with van der Waals surface area (Å²) in [5, 5.41) is 12.3. The van der Waals surface area contributed by atoms with Gasteiger partial charge in [-0.05, 0) is 30.9 Å². The molecule has 1 aromatic carbocycles. The number of nitrogens with one attached hydrogen (secondary N) is 1. The molecule has 0 aliphatic carbocycles. The summed E-state index contributed by atoms with van der Waals surface area (Å²) >= 11 is 0. The zero-order valence-electron chi connectivity index (χ0n) is 10.9. The van der Waals surface area contributed by atoms with Crippen molar-refractivity contribution >= 4 is 11.7 Å². The van der Waals surface area contributed by atoms with Crippen molar-refractivity contribution in [3.8, 4) is 0 Å². The topological polar surface area (TPSA) is 49.3 Å². The quantitative estimate of drug-likeness (QED) is 0.841. The fourth-order valence-electron chi connectivity index (χ4n) is 1.66. The summed E-state index contributed by atoms with van der Waals surface area (Å²) in [7, 11) is 0. The normalized spacial score (nSPS) is 13.2. The van der Waals surface area contributed by atoms with E-state index in [9.17, 15) is 9.90 Å². The van der Waals surface area contributed by atoms with E-state index in [0.717, 1.165) is 5.69 Å². The standard InChI is InChI=1S/C14H21NO2/c1-10-5-7-11(8-6-10)15-12(13(16)17)9-14(2,3)4/h5-8,12,15H,9H2,1-4H3,(H,16,17). The molecular formula is C14H21NO2. The Morgan fingerprint density at radius 1 is 1.29 bits per heavy atom. The van der Waals surface area contributed by atoms with Gasteiger partial charge in [-0.15, -0.1) is 0 Å². The molecular weight excluding hydrogens is 214 g/mol. The smallest absolute Gasteiger partial charge is 0.326 e. The molecule has 1 aromatic rings. The van der Waals surface area contributed by atoms with Gasteiger partial charge in [-0.2, -0.15) is 0 Å². The van der Waals surface area contributed by atoms with Crippen LogP contribution in [0.3, 0.4) is 0 Å². The highest BCUT2D eigenvalue weighted by atomic mass is 16.4. The first-order chi connectivity index (χ1) is 7.78. The molecule has 0 saturated heterocycles. The van der Waals surface area contributed by atoms with Crippen LogP contribution in [-0.2, 0) is 4.79 Å². The average molecular weight is 235 g/mol. The van der Waals surface area contributed by atoms with Crippen molar-refractivity contribution in [2.45, 2.75) is 40.2 Å². The molecule has 0 saturated carbocycles. The Bertz CT molecular complexity index is 376. The third-order valence-corrected chi connectivity index (χ3v) is 2.51. The lowest BCUT2D eigenvalue weighted by atomic mass is 9.88. The van der Waals surface area contributed by atoms with Gasteiger partial charge in [0.1, 0.15) is 6.04 Å². The van der Waals surface area contributed by atoms with E-state index >= 15 is 0 Å². The molecule has 0 radical (unpaired) electrons. The van der Waals surface area contributed by atoms with E-state index in [1.54, 1.807) is 0 Å². The zero-order valence-corrected chi connectivity index (χ0v) is 10.9. The van der Waals surface area contributed by atoms with Crippen LogP contribution in [0.25, 0.3) is 0 Å². The Morgan fingerprint density at radius 2 is 1.82 bits per heavy atom. The lowest BCUT2D eigenvalue weighted by molar-refractivity contribution is -0.138. The minimum atomic E-state index is -0.805. The van der Waals surface area contributed by atoms with Crippen molar-refractivity contribution < 1.29 is 9.90 Å². The highest BCUT2D eigenvalue weighted by Crippen LogP contribution is 2.23. The number of carboxylic acids is 1. The molecule has 0 aliphatic rings. The van der Waals surface area contributed by atoms with Crippen LogP contribution in [0.5, 0.6) is 0 Å². The van der Waals surface area contributed by atoms with E-state index < -0.39 is 12.0 Å². The minimum Gasteiger partial charge on any atom is -0.480 e. The fourth-order valence-corrected chi connectivity index (χ4v) is 1.66. The third-order valence-electron chi connectivity index (χ3n) is 2.51. The van der Waals surface area contributed by atoms with Crippen LogP contribution >= 0.6 is 0 Å². The Labute approximate surface area is 103 Å². The number of anilines is 1. The van der Waals surface area contributed by atoms with Gasteiger partial charge in [0, 0.05) is 5.69 Å². The van der Waals surface area contributed by atoms with Gasteiger partial charge in [-0.1, -0.05) is 38.5 Å². The van der Waals surface area contributed by atoms with E-state index in [2.05, 4.69) is 5.32 Å². The minimum absolute atomic E-state index is 0.0131. The summed E-state index contributed by atoms with van der Waals surface area (Å²) < 4.78 is 0. The Balaban J connectivity index is 2.73. The zero-order chi connectivity index (χ0) is 13.1. The maximum atomic E-state index is 11.2. The first-order valence-electron chi connectivity index (χ1n) is 5.84. The first kappa shape index (κ1) is 13.6. The van der Waals surface area contributed by atoms with Crippen molar-refractivity contribution in [2.24, 2.45) is 5.41 Å². The van der Waals surface area contributed by atoms with Crippen LogP contribution in [0.2, 0.25) is 0 Å². The van der Waals surface area contributed by atoms with Crippen molar-refractivity contribution in [3.05, 3.63) is 29.8 Å². The van der Waals surface area contributed by atoms with E-state index in [-0.39, 0.29) is 5.41 Å². The van der Waals surface area contributed by atoms with Gasteiger partial charge in [0.25, 0.3) is 0 Å². The number of carbonyl (C=O) groups is 1. The SMILES string of the molecule is Cc1ccc(NC(CC(C)(C)C)C(=O)O)cc1. The molecule has 3 nitrogen and oxygen atoms in total. The predicted octanol–water partition coefficient (Wildman–Crippen LogP) is 3.30. The molecule has 0 spiro atoms. The summed E-state index contributed by atoms with van der Waals surface area (Å²) in [6, 6.07) is 7.22. The number of aryl methyl sites for hydroxylation is 1. The van der Waals surface area contributed by atoms with Crippen LogP contribution in [-0.4, -0.2) is 17.1 Å². The first-order valence-corrected chi connectivity index (χ1v) is 5.84. The number of aliphatic carboxylic acids is 1. The lowest BCUT2D eigenvalue weighted by Crippen LogP contribution is -2.33. The maximum absolute atomic E-state index is 11.2. The van der Waals surface area contributed by atoms with Crippen molar-refractivity contribution in [1.82, 2.24) is 0 Å². The van der Waals surface area contributed by atoms with Crippen LogP contribution in [0.1, 0.15) is 32.8 Å². The number of hydrogen-bond acceptors (Lipinski definition) is 2. The Hall–Kier alpha value is -1.51. The number of rotatable bonds is 4. The van der Waals surface area contributed by atoms with Crippen molar-refractivity contribution in [2.75, 3.05) is 5.32 Å². The lowest BCUT2D eigenvalue weighted by Gasteiger charge is -2.24. The molecule has 0 amide bonds. The van der Waals surface area contributed by atoms with Gasteiger partial charge in [-0.25, -0.2) is 4.79 Å². The second kappa shape index (κ2) is 5.21. The second-order valence-electron chi connectivity index (χ2n) is 5.67. The Kier molecular flexibility index (Phi) is 4.16. The molecule has 1 atom stereocenters. The largest absolute Gasteiger partial charge is 0.480 e. The fraction of sp³-hybridized carbons (Fsp3) is 0.500. The monoisotopic (exact) mass is 235 g/mol. The van der Waals surface area contributed by atoms with Crippen LogP contribution in [0.4, 0.5) is 5.69 Å². The molecule has 0 fully saturated rings. The summed E-state index contributed by atoms with van der Waals surface area (Å²) in [4.78, 5) is 11.2. The van der Waals surface area contributed by atoms with Gasteiger partial charge in [0.15, 0.2) is 0 Å². The molecule has 0 aromatic heterocycles. The number of benzene rings is 1. The summed E-state index contributed by atoms with van der Waals surface area (Å²) in [6.07, 6.45) is 0.593. The van der Waals surface area contributed by atoms with E-state index in [1.165, 1.54) is 5.56 Å². The molecule has 1 rings (SSSR count). The van der Waals surface area contributed by atoms with Gasteiger partial charge in [-0.3, -0.25) is 0 Å². The molecule has 17 heavy (non-hydrogen) atoms. The second-order valence-corrected chi connectivity index (χ2v) is 5.67. The van der Waals surface area contributed by atoms with E-state index in [0.29, 0.717) is 6.42 Å². The van der Waals surface area contributed by atoms with Gasteiger partial charge in [0.2, 0.25) is 0 Å². The third kappa shape index (κ3) is 4.89. The summed E-state index contributed by atoms with van der Waals surface area (Å²) in [5.41, 5.74) is 2.01. The maximum Gasteiger partial charge on any atom is 0.326 e. The predicted molar refractivity (Wildman–Crippen MR) is 70.3 cm³/mol. The molecule has 0 bridgehead atoms. The van der Waals surface area contributed by atoms with Crippen molar-refractivity contribution in [3.63, 3.8) is 0 Å². The van der Waals surface area contributed by atoms with Gasteiger partial charge >= 0.3 is 5.97 Å². The van der Waals surface area contributed by atoms with Gasteiger partial charge in [0.05, 0.1) is 0 Å². The van der Waals surface area contributed by atoms with Gasteiger partial charge < -0.3 is 10.4 Å². The molecule has 0 aliphatic heterocycles. The summed E-state index contributed by atoms with van der Waals surface area (Å²) in [5.74, 6) is -0.805. The Morgan fingerprint density at radius 3 is 2.24 bits per heavy atom. The van der Waals surface area contributed by atoms with Crippen LogP contribution < -0.4 is 5.32 Å². The van der Waals surface area contributed by atoms with Crippen LogP contribution in [0, 0.1) is 12.3 Å². The summed E-state index contributed by atoms with van der Waals surface area (Å²) in [6.45, 7) is 8.13. The average Bonchev–Trinajstić information content (AvgIpc) is 2.18. The molecule has 2 N–H and O–H groups in total. The molecule has 3 heteroatoms. The van der Waals surface area contributed by atoms with E-state index in [1.807, 2.05) is 52.0 Å². The number of carboxylic acid groups (broad SMARTS) is 1. The van der Waals surface area contributed by atoms with E-state index in [4.69, 9.17) is 0 Å². The highest BCUT2D eigenvalue weighted by molar-refractivity contribution is 5.77. The number of hydrogen-bond donors (Lipinski definition) is 2. The molecule has 0 heterocycles. The molecule has 1 unspecified atom stereocenters. The highest BCUT2D eigenvalue weighted by Gasteiger charge is 2.24. The van der Waals surface area contributed by atoms with Crippen LogP contribution in [0.15, 0.2) is 24.3 Å².